The molecule has 0 aliphatic carbocycles. The lowest BCUT2D eigenvalue weighted by atomic mass is 9.85. The average Bonchev–Trinajstić information content (AvgIpc) is 2.74. The van der Waals surface area contributed by atoms with Crippen LogP contribution in [0, 0.1) is 21.4 Å². The van der Waals surface area contributed by atoms with Gasteiger partial charge in [-0.3, -0.25) is 19.8 Å². The number of anilines is 1. The summed E-state index contributed by atoms with van der Waals surface area (Å²) in [7, 11) is 0. The molecule has 2 aliphatic rings. The molecule has 2 aliphatic heterocycles. The number of thioether (sulfide) groups is 1. The van der Waals surface area contributed by atoms with Crippen LogP contribution in [0.4, 0.5) is 11.4 Å². The van der Waals surface area contributed by atoms with Crippen LogP contribution in [0.1, 0.15) is 17.9 Å². The van der Waals surface area contributed by atoms with E-state index in [9.17, 15) is 20.2 Å². The first kappa shape index (κ1) is 19.3. The number of fused-ring (bicyclic) bond motifs is 1. The first-order valence-electron chi connectivity index (χ1n) is 8.81. The van der Waals surface area contributed by atoms with Crippen LogP contribution in [0.2, 0.25) is 5.02 Å². The fourth-order valence-corrected chi connectivity index (χ4v) is 4.89. The quantitative estimate of drug-likeness (QED) is 0.531. The molecule has 0 radical (unpaired) electrons. The van der Waals surface area contributed by atoms with Gasteiger partial charge < -0.3 is 4.90 Å². The molecular weight excluding hydrogens is 412 g/mol. The predicted molar refractivity (Wildman–Crippen MR) is 111 cm³/mol. The molecule has 0 bridgehead atoms. The first-order chi connectivity index (χ1) is 14.0. The normalized spacial score (nSPS) is 19.0. The zero-order chi connectivity index (χ0) is 20.5. The van der Waals surface area contributed by atoms with Gasteiger partial charge in [-0.25, -0.2) is 0 Å². The van der Waals surface area contributed by atoms with E-state index in [0.717, 1.165) is 5.69 Å². The van der Waals surface area contributed by atoms with E-state index in [0.29, 0.717) is 33.7 Å². The van der Waals surface area contributed by atoms with Crippen molar-refractivity contribution in [3.63, 3.8) is 0 Å². The second kappa shape index (κ2) is 7.78. The van der Waals surface area contributed by atoms with E-state index in [-0.39, 0.29) is 18.0 Å². The van der Waals surface area contributed by atoms with Gasteiger partial charge in [0.15, 0.2) is 0 Å². The highest BCUT2D eigenvalue weighted by Crippen LogP contribution is 2.45. The van der Waals surface area contributed by atoms with Gasteiger partial charge in [0.25, 0.3) is 5.69 Å². The van der Waals surface area contributed by atoms with Gasteiger partial charge >= 0.3 is 0 Å². The number of rotatable bonds is 3. The molecule has 1 atom stereocenters. The van der Waals surface area contributed by atoms with Crippen LogP contribution in [0.5, 0.6) is 0 Å². The lowest BCUT2D eigenvalue weighted by Gasteiger charge is -2.42. The van der Waals surface area contributed by atoms with Crippen molar-refractivity contribution >= 4 is 40.6 Å². The molecule has 0 spiro atoms. The highest BCUT2D eigenvalue weighted by molar-refractivity contribution is 8.03. The Bertz CT molecular complexity index is 1060. The Morgan fingerprint density at radius 1 is 1.21 bits per heavy atom. The fourth-order valence-electron chi connectivity index (χ4n) is 3.59. The zero-order valence-corrected chi connectivity index (χ0v) is 16.7. The van der Waals surface area contributed by atoms with Crippen LogP contribution in [0.3, 0.4) is 0 Å². The highest BCUT2D eigenvalue weighted by atomic mass is 35.5. The number of amides is 1. The van der Waals surface area contributed by atoms with Crippen LogP contribution in [0.15, 0.2) is 59.1 Å². The molecule has 0 N–H and O–H groups in total. The lowest BCUT2D eigenvalue weighted by molar-refractivity contribution is -0.385. The van der Waals surface area contributed by atoms with Gasteiger partial charge in [-0.1, -0.05) is 41.6 Å². The third kappa shape index (κ3) is 3.55. The average molecular weight is 427 g/mol. The second-order valence-electron chi connectivity index (χ2n) is 6.66. The minimum absolute atomic E-state index is 0.0201. The Hall–Kier alpha value is -3.02. The molecule has 2 aromatic rings. The number of halogens is 1. The largest absolute Gasteiger partial charge is 0.344 e. The lowest BCUT2D eigenvalue weighted by Crippen LogP contribution is -2.47. The number of hydrogen-bond acceptors (Lipinski definition) is 6. The summed E-state index contributed by atoms with van der Waals surface area (Å²) in [6.07, 6.45) is 0.0201. The fraction of sp³-hybridized carbons (Fsp3) is 0.200. The van der Waals surface area contributed by atoms with Crippen LogP contribution in [0.25, 0.3) is 0 Å². The molecule has 7 nitrogen and oxygen atoms in total. The summed E-state index contributed by atoms with van der Waals surface area (Å²) in [4.78, 5) is 27.5. The third-order valence-electron chi connectivity index (χ3n) is 4.99. The molecule has 29 heavy (non-hydrogen) atoms. The van der Waals surface area contributed by atoms with Gasteiger partial charge in [0.1, 0.15) is 0 Å². The Labute approximate surface area is 176 Å². The monoisotopic (exact) mass is 426 g/mol. The minimum Gasteiger partial charge on any atom is -0.344 e. The molecule has 4 rings (SSSR count). The van der Waals surface area contributed by atoms with Crippen LogP contribution in [-0.4, -0.2) is 28.3 Å². The molecule has 146 valence electrons. The molecule has 9 heteroatoms. The van der Waals surface area contributed by atoms with Gasteiger partial charge in [-0.2, -0.15) is 5.26 Å². The van der Waals surface area contributed by atoms with Crippen molar-refractivity contribution in [1.29, 1.82) is 5.26 Å². The number of nitro benzene ring substituents is 1. The van der Waals surface area contributed by atoms with Crippen molar-refractivity contribution in [2.24, 2.45) is 0 Å². The van der Waals surface area contributed by atoms with Crippen molar-refractivity contribution in [2.75, 3.05) is 17.4 Å². The standard InChI is InChI=1S/C20H15ClN4O3S/c21-13-5-7-14(8-6-13)23-11-24-19(26)9-16(17(10-22)20(24)29-12-23)15-3-1-2-4-18(15)25(27)28/h1-8,16H,9,11-12H2/t16-/m1/s1. The summed E-state index contributed by atoms with van der Waals surface area (Å²) in [5.74, 6) is -0.224. The van der Waals surface area contributed by atoms with E-state index in [4.69, 9.17) is 11.6 Å². The summed E-state index contributed by atoms with van der Waals surface area (Å²) in [6.45, 7) is 0.317. The zero-order valence-electron chi connectivity index (χ0n) is 15.1. The summed E-state index contributed by atoms with van der Waals surface area (Å²) in [6, 6.07) is 15.8. The Morgan fingerprint density at radius 2 is 1.93 bits per heavy atom. The molecule has 0 unspecified atom stereocenters. The van der Waals surface area contributed by atoms with Crippen LogP contribution in [-0.2, 0) is 4.79 Å². The van der Waals surface area contributed by atoms with E-state index in [1.54, 1.807) is 35.2 Å². The third-order valence-corrected chi connectivity index (χ3v) is 6.40. The number of allylic oxidation sites excluding steroid dienone is 1. The van der Waals surface area contributed by atoms with Crippen LogP contribution < -0.4 is 4.90 Å². The van der Waals surface area contributed by atoms with Crippen LogP contribution >= 0.6 is 23.4 Å². The Balaban J connectivity index is 1.70. The molecule has 0 saturated carbocycles. The van der Waals surface area contributed by atoms with Crippen molar-refractivity contribution in [1.82, 2.24) is 4.90 Å². The van der Waals surface area contributed by atoms with Crippen molar-refractivity contribution in [3.05, 3.63) is 79.8 Å². The van der Waals surface area contributed by atoms with E-state index in [1.165, 1.54) is 17.8 Å². The highest BCUT2D eigenvalue weighted by Gasteiger charge is 2.40. The first-order valence-corrected chi connectivity index (χ1v) is 10.2. The minimum atomic E-state index is -0.616. The maximum atomic E-state index is 12.9. The number of nitro groups is 1. The molecule has 1 fully saturated rings. The Kier molecular flexibility index (Phi) is 5.18. The number of para-hydroxylation sites is 1. The van der Waals surface area contributed by atoms with Crippen molar-refractivity contribution in [2.45, 2.75) is 12.3 Å². The van der Waals surface area contributed by atoms with Gasteiger partial charge in [-0.05, 0) is 24.3 Å². The summed E-state index contributed by atoms with van der Waals surface area (Å²) >= 11 is 7.34. The topological polar surface area (TPSA) is 90.5 Å². The van der Waals surface area contributed by atoms with E-state index < -0.39 is 10.8 Å². The summed E-state index contributed by atoms with van der Waals surface area (Å²) < 4.78 is 0. The predicted octanol–water partition coefficient (Wildman–Crippen LogP) is 4.47. The van der Waals surface area contributed by atoms with Gasteiger partial charge in [0, 0.05) is 34.7 Å². The number of nitrogens with zero attached hydrogens (tertiary/aromatic N) is 4. The van der Waals surface area contributed by atoms with E-state index >= 15 is 0 Å². The SMILES string of the molecule is N#CC1=C2SCN(c3ccc(Cl)cc3)CN2C(=O)C[C@@H]1c1ccccc1[N+](=O)[O-]. The number of carbonyl (C=O) groups excluding carboxylic acids is 1. The molecule has 2 heterocycles. The van der Waals surface area contributed by atoms with Gasteiger partial charge in [0.2, 0.25) is 5.91 Å². The van der Waals surface area contributed by atoms with Gasteiger partial charge in [-0.15, -0.1) is 0 Å². The van der Waals surface area contributed by atoms with Crippen molar-refractivity contribution < 1.29 is 9.72 Å². The summed E-state index contributed by atoms with van der Waals surface area (Å²) in [5.41, 5.74) is 1.65. The number of nitriles is 1. The smallest absolute Gasteiger partial charge is 0.273 e. The molecule has 1 amide bonds. The molecule has 2 aromatic carbocycles. The summed E-state index contributed by atoms with van der Waals surface area (Å²) in [5, 5.41) is 22.5. The molecule has 0 aromatic heterocycles. The number of hydrogen-bond donors (Lipinski definition) is 0. The number of benzene rings is 2. The maximum absolute atomic E-state index is 12.9. The van der Waals surface area contributed by atoms with Gasteiger partial charge in [0.05, 0.1) is 34.1 Å². The maximum Gasteiger partial charge on any atom is 0.273 e. The van der Waals surface area contributed by atoms with Crippen molar-refractivity contribution in [3.8, 4) is 6.07 Å². The number of carbonyl (C=O) groups is 1. The van der Waals surface area contributed by atoms with E-state index in [2.05, 4.69) is 6.07 Å². The van der Waals surface area contributed by atoms with E-state index in [1.807, 2.05) is 17.0 Å². The molecular formula is C20H15ClN4O3S. The Morgan fingerprint density at radius 3 is 2.62 bits per heavy atom. The second-order valence-corrected chi connectivity index (χ2v) is 8.03. The molecule has 1 saturated heterocycles.